The zero-order valence-corrected chi connectivity index (χ0v) is 15.1. The zero-order valence-electron chi connectivity index (χ0n) is 15.1. The molecule has 3 rings (SSSR count). The zero-order chi connectivity index (χ0) is 17.5. The van der Waals surface area contributed by atoms with Crippen molar-refractivity contribution in [1.29, 1.82) is 0 Å². The molecule has 2 atom stereocenters. The molecule has 1 aliphatic carbocycles. The predicted molar refractivity (Wildman–Crippen MR) is 99.3 cm³/mol. The van der Waals surface area contributed by atoms with Crippen LogP contribution in [0.1, 0.15) is 37.7 Å². The molecule has 25 heavy (non-hydrogen) atoms. The van der Waals surface area contributed by atoms with E-state index in [-0.39, 0.29) is 11.8 Å². The van der Waals surface area contributed by atoms with E-state index >= 15 is 0 Å². The van der Waals surface area contributed by atoms with E-state index in [1.165, 1.54) is 25.9 Å². The molecule has 1 saturated carbocycles. The molecule has 1 amide bonds. The van der Waals surface area contributed by atoms with Crippen molar-refractivity contribution in [2.45, 2.75) is 38.6 Å². The number of amides is 1. The first-order chi connectivity index (χ1) is 12.3. The molecule has 0 aromatic heterocycles. The van der Waals surface area contributed by atoms with Gasteiger partial charge in [0.2, 0.25) is 5.91 Å². The van der Waals surface area contributed by atoms with Gasteiger partial charge in [-0.05, 0) is 68.9 Å². The van der Waals surface area contributed by atoms with Crippen molar-refractivity contribution in [3.8, 4) is 5.75 Å². The number of benzene rings is 1. The number of nitrogens with two attached hydrogens (primary N) is 1. The highest BCUT2D eigenvalue weighted by Gasteiger charge is 2.31. The number of nitrogens with one attached hydrogen (secondary N) is 1. The Labute approximate surface area is 150 Å². The Morgan fingerprint density at radius 1 is 1.16 bits per heavy atom. The molecule has 0 bridgehead atoms. The van der Waals surface area contributed by atoms with Crippen LogP contribution in [-0.2, 0) is 11.3 Å². The minimum absolute atomic E-state index is 0.0955. The average molecular weight is 345 g/mol. The Bertz CT molecular complexity index is 540. The second kappa shape index (κ2) is 9.20. The van der Waals surface area contributed by atoms with Crippen LogP contribution in [0.4, 0.5) is 0 Å². The number of hydrogen-bond acceptors (Lipinski definition) is 4. The smallest absolute Gasteiger partial charge is 0.223 e. The number of nitrogens with zero attached hydrogens (tertiary/aromatic N) is 1. The van der Waals surface area contributed by atoms with Gasteiger partial charge in [0, 0.05) is 19.0 Å². The number of rotatable bonds is 8. The standard InChI is InChI=1S/C20H31N3O2/c21-14-17-4-3-5-19(17)20(24)22-15-16-6-8-18(9-7-16)25-13-12-23-10-1-2-11-23/h6-9,17,19H,1-5,10-15,21H2,(H,22,24)/t17-,19-/m1/s1. The SMILES string of the molecule is NC[C@H]1CCC[C@H]1C(=O)NCc1ccc(OCCN2CCCC2)cc1. The lowest BCUT2D eigenvalue weighted by Crippen LogP contribution is -2.34. The maximum absolute atomic E-state index is 12.3. The van der Waals surface area contributed by atoms with Crippen LogP contribution >= 0.6 is 0 Å². The summed E-state index contributed by atoms with van der Waals surface area (Å²) in [4.78, 5) is 14.8. The molecular weight excluding hydrogens is 314 g/mol. The second-order valence-corrected chi connectivity index (χ2v) is 7.29. The van der Waals surface area contributed by atoms with Crippen molar-refractivity contribution >= 4 is 5.91 Å². The minimum atomic E-state index is 0.0955. The first-order valence-corrected chi connectivity index (χ1v) is 9.68. The van der Waals surface area contributed by atoms with Crippen LogP contribution in [0.25, 0.3) is 0 Å². The second-order valence-electron chi connectivity index (χ2n) is 7.29. The van der Waals surface area contributed by atoms with Crippen molar-refractivity contribution in [3.05, 3.63) is 29.8 Å². The lowest BCUT2D eigenvalue weighted by atomic mass is 9.95. The van der Waals surface area contributed by atoms with E-state index in [9.17, 15) is 4.79 Å². The number of likely N-dealkylation sites (tertiary alicyclic amines) is 1. The largest absolute Gasteiger partial charge is 0.492 e. The molecule has 5 heteroatoms. The number of ether oxygens (including phenoxy) is 1. The predicted octanol–water partition coefficient (Wildman–Crippen LogP) is 2.15. The van der Waals surface area contributed by atoms with Gasteiger partial charge < -0.3 is 15.8 Å². The molecule has 138 valence electrons. The van der Waals surface area contributed by atoms with E-state index in [0.29, 0.717) is 19.0 Å². The van der Waals surface area contributed by atoms with Gasteiger partial charge in [0.05, 0.1) is 0 Å². The number of carbonyl (C=O) groups excluding carboxylic acids is 1. The van der Waals surface area contributed by atoms with Crippen LogP contribution in [0.5, 0.6) is 5.75 Å². The topological polar surface area (TPSA) is 67.6 Å². The highest BCUT2D eigenvalue weighted by molar-refractivity contribution is 5.79. The van der Waals surface area contributed by atoms with Crippen molar-refractivity contribution < 1.29 is 9.53 Å². The van der Waals surface area contributed by atoms with Gasteiger partial charge in [0.1, 0.15) is 12.4 Å². The van der Waals surface area contributed by atoms with Gasteiger partial charge in [-0.1, -0.05) is 18.6 Å². The van der Waals surface area contributed by atoms with Gasteiger partial charge in [0.15, 0.2) is 0 Å². The van der Waals surface area contributed by atoms with Crippen LogP contribution in [0.3, 0.4) is 0 Å². The third-order valence-corrected chi connectivity index (χ3v) is 5.56. The van der Waals surface area contributed by atoms with Crippen LogP contribution in [0, 0.1) is 11.8 Å². The molecule has 1 aromatic carbocycles. The molecule has 1 aromatic rings. The van der Waals surface area contributed by atoms with Gasteiger partial charge >= 0.3 is 0 Å². The summed E-state index contributed by atoms with van der Waals surface area (Å²) in [7, 11) is 0. The molecule has 3 N–H and O–H groups in total. The Kier molecular flexibility index (Phi) is 6.70. The summed E-state index contributed by atoms with van der Waals surface area (Å²) < 4.78 is 5.82. The molecule has 2 fully saturated rings. The Morgan fingerprint density at radius 2 is 1.92 bits per heavy atom. The van der Waals surface area contributed by atoms with E-state index in [1.54, 1.807) is 0 Å². The van der Waals surface area contributed by atoms with Crippen molar-refractivity contribution in [3.63, 3.8) is 0 Å². The van der Waals surface area contributed by atoms with Gasteiger partial charge in [-0.25, -0.2) is 0 Å². The number of hydrogen-bond donors (Lipinski definition) is 2. The summed E-state index contributed by atoms with van der Waals surface area (Å²) in [6, 6.07) is 8.04. The number of carbonyl (C=O) groups is 1. The van der Waals surface area contributed by atoms with E-state index in [2.05, 4.69) is 10.2 Å². The van der Waals surface area contributed by atoms with Gasteiger partial charge in [-0.3, -0.25) is 9.69 Å². The Hall–Kier alpha value is -1.59. The van der Waals surface area contributed by atoms with E-state index in [4.69, 9.17) is 10.5 Å². The lowest BCUT2D eigenvalue weighted by molar-refractivity contribution is -0.126. The van der Waals surface area contributed by atoms with Gasteiger partial charge in [-0.15, -0.1) is 0 Å². The third-order valence-electron chi connectivity index (χ3n) is 5.56. The molecule has 1 aliphatic heterocycles. The van der Waals surface area contributed by atoms with E-state index in [0.717, 1.165) is 43.7 Å². The molecule has 5 nitrogen and oxygen atoms in total. The summed E-state index contributed by atoms with van der Waals surface area (Å²) in [6.07, 6.45) is 5.79. The summed E-state index contributed by atoms with van der Waals surface area (Å²) >= 11 is 0. The van der Waals surface area contributed by atoms with Crippen LogP contribution in [-0.4, -0.2) is 43.6 Å². The maximum Gasteiger partial charge on any atom is 0.223 e. The first kappa shape index (κ1) is 18.2. The van der Waals surface area contributed by atoms with Crippen molar-refractivity contribution in [2.75, 3.05) is 32.8 Å². The highest BCUT2D eigenvalue weighted by atomic mass is 16.5. The summed E-state index contributed by atoms with van der Waals surface area (Å²) in [5, 5.41) is 3.06. The summed E-state index contributed by atoms with van der Waals surface area (Å²) in [6.45, 7) is 5.32. The fourth-order valence-corrected chi connectivity index (χ4v) is 3.99. The first-order valence-electron chi connectivity index (χ1n) is 9.68. The Balaban J connectivity index is 1.39. The van der Waals surface area contributed by atoms with Gasteiger partial charge in [0.25, 0.3) is 0 Å². The molecular formula is C20H31N3O2. The average Bonchev–Trinajstić information content (AvgIpc) is 3.32. The summed E-state index contributed by atoms with van der Waals surface area (Å²) in [5.74, 6) is 1.50. The van der Waals surface area contributed by atoms with Crippen LogP contribution in [0.15, 0.2) is 24.3 Å². The highest BCUT2D eigenvalue weighted by Crippen LogP contribution is 2.31. The third kappa shape index (κ3) is 5.19. The lowest BCUT2D eigenvalue weighted by Gasteiger charge is -2.17. The molecule has 1 heterocycles. The molecule has 1 saturated heterocycles. The Morgan fingerprint density at radius 3 is 2.64 bits per heavy atom. The van der Waals surface area contributed by atoms with Crippen LogP contribution < -0.4 is 15.8 Å². The monoisotopic (exact) mass is 345 g/mol. The van der Waals surface area contributed by atoms with Crippen LogP contribution in [0.2, 0.25) is 0 Å². The molecule has 2 aliphatic rings. The summed E-state index contributed by atoms with van der Waals surface area (Å²) in [5.41, 5.74) is 6.87. The fourth-order valence-electron chi connectivity index (χ4n) is 3.99. The van der Waals surface area contributed by atoms with E-state index < -0.39 is 0 Å². The minimum Gasteiger partial charge on any atom is -0.492 e. The van der Waals surface area contributed by atoms with Crippen molar-refractivity contribution in [2.24, 2.45) is 17.6 Å². The normalized spacial score (nSPS) is 23.7. The van der Waals surface area contributed by atoms with Gasteiger partial charge in [-0.2, -0.15) is 0 Å². The quantitative estimate of drug-likeness (QED) is 0.758. The maximum atomic E-state index is 12.3. The molecule has 0 spiro atoms. The molecule has 0 unspecified atom stereocenters. The van der Waals surface area contributed by atoms with E-state index in [1.807, 2.05) is 24.3 Å². The molecule has 0 radical (unpaired) electrons. The fraction of sp³-hybridized carbons (Fsp3) is 0.650. The van der Waals surface area contributed by atoms with Crippen molar-refractivity contribution in [1.82, 2.24) is 10.2 Å².